The number of para-hydroxylation sites is 4. The molecule has 0 fully saturated rings. The Balaban J connectivity index is 1.21. The molecule has 6 nitrogen and oxygen atoms in total. The van der Waals surface area contributed by atoms with E-state index in [2.05, 4.69) is 182 Å². The van der Waals surface area contributed by atoms with Gasteiger partial charge < -0.3 is 18.0 Å². The van der Waals surface area contributed by atoms with Crippen LogP contribution in [0.1, 0.15) is 27.8 Å². The van der Waals surface area contributed by atoms with E-state index in [0.717, 1.165) is 113 Å². The largest absolute Gasteiger partial charge is 0.455 e. The average Bonchev–Trinajstić information content (AvgIpc) is 4.48. The van der Waals surface area contributed by atoms with Gasteiger partial charge in [-0.15, -0.1) is 22.7 Å². The van der Waals surface area contributed by atoms with Crippen molar-refractivity contribution in [3.05, 3.63) is 221 Å². The summed E-state index contributed by atoms with van der Waals surface area (Å²) in [5, 5.41) is 25.4. The quantitative estimate of drug-likeness (QED) is 0.165. The van der Waals surface area contributed by atoms with Crippen molar-refractivity contribution in [1.29, 1.82) is 5.26 Å². The number of thiophene rings is 2. The van der Waals surface area contributed by atoms with Gasteiger partial charge in [0, 0.05) is 96.3 Å². The lowest BCUT2D eigenvalue weighted by molar-refractivity contribution is 0.669. The summed E-state index contributed by atoms with van der Waals surface area (Å²) in [6.45, 7) is 18.6. The van der Waals surface area contributed by atoms with Gasteiger partial charge in [0.15, 0.2) is 0 Å². The van der Waals surface area contributed by atoms with Crippen LogP contribution in [0.2, 0.25) is 0 Å². The van der Waals surface area contributed by atoms with E-state index in [4.69, 9.17) is 13.7 Å². The number of benzene rings is 11. The molecule has 0 atom stereocenters. The molecule has 0 saturated heterocycles. The lowest BCUT2D eigenvalue weighted by Gasteiger charge is -2.26. The first-order valence-corrected chi connectivity index (χ1v) is 28.5. The number of nitrogens with zero attached hydrogens (tertiary/aromatic N) is 4. The molecule has 0 unspecified atom stereocenters. The molecule has 0 aliphatic heterocycles. The van der Waals surface area contributed by atoms with Crippen molar-refractivity contribution in [1.82, 2.24) is 9.13 Å². The Hall–Kier alpha value is -9.96. The molecule has 0 radical (unpaired) electrons. The van der Waals surface area contributed by atoms with Gasteiger partial charge in [0.25, 0.3) is 0 Å². The first-order valence-electron chi connectivity index (χ1n) is 26.8. The average molecular weight is 1060 g/mol. The minimum Gasteiger partial charge on any atom is -0.455 e. The molecule has 8 heteroatoms. The fraction of sp³-hybridized carbons (Fsp3) is 0.0556. The third-order valence-corrected chi connectivity index (χ3v) is 19.6. The molecule has 6 aromatic heterocycles. The summed E-state index contributed by atoms with van der Waals surface area (Å²) in [7, 11) is 0. The second-order valence-electron chi connectivity index (χ2n) is 21.4. The predicted molar refractivity (Wildman–Crippen MR) is 336 cm³/mol. The summed E-state index contributed by atoms with van der Waals surface area (Å²) >= 11 is 3.56. The first kappa shape index (κ1) is 45.1. The highest BCUT2D eigenvalue weighted by Crippen LogP contribution is 2.57. The van der Waals surface area contributed by atoms with E-state index in [9.17, 15) is 11.8 Å². The lowest BCUT2D eigenvalue weighted by atomic mass is 9.87. The number of aromatic nitrogens is 2. The van der Waals surface area contributed by atoms with E-state index < -0.39 is 0 Å². The van der Waals surface area contributed by atoms with Crippen LogP contribution in [-0.4, -0.2) is 9.13 Å². The predicted octanol–water partition coefficient (Wildman–Crippen LogP) is 21.4. The van der Waals surface area contributed by atoms with E-state index in [1.807, 2.05) is 42.5 Å². The van der Waals surface area contributed by atoms with Gasteiger partial charge in [0.05, 0.1) is 55.0 Å². The molecule has 0 aliphatic rings. The highest BCUT2D eigenvalue weighted by molar-refractivity contribution is 7.27. The Kier molecular flexibility index (Phi) is 9.19. The van der Waals surface area contributed by atoms with Crippen LogP contribution in [0, 0.1) is 45.6 Å². The summed E-state index contributed by atoms with van der Waals surface area (Å²) in [6.07, 6.45) is 0. The maximum Gasteiger partial charge on any atom is 0.220 e. The van der Waals surface area contributed by atoms with Crippen LogP contribution >= 0.6 is 22.7 Å². The number of hydrogen-bond donors (Lipinski definition) is 0. The zero-order valence-electron chi connectivity index (χ0n) is 43.7. The van der Waals surface area contributed by atoms with Crippen molar-refractivity contribution in [2.75, 3.05) is 0 Å². The Morgan fingerprint density at radius 3 is 1.35 bits per heavy atom. The van der Waals surface area contributed by atoms with Crippen LogP contribution in [0.3, 0.4) is 0 Å². The molecule has 0 N–H and O–H groups in total. The molecule has 0 amide bonds. The molecule has 6 heterocycles. The van der Waals surface area contributed by atoms with Crippen LogP contribution in [-0.2, 0) is 0 Å². The van der Waals surface area contributed by atoms with Crippen molar-refractivity contribution in [3.8, 4) is 39.7 Å². The van der Waals surface area contributed by atoms with Gasteiger partial charge in [-0.2, -0.15) is 5.26 Å². The maximum atomic E-state index is 12.7. The number of hydrogen-bond acceptors (Lipinski definition) is 5. The van der Waals surface area contributed by atoms with E-state index in [-0.39, 0.29) is 0 Å². The number of rotatable bonds is 4. The van der Waals surface area contributed by atoms with Crippen molar-refractivity contribution in [3.63, 3.8) is 0 Å². The molecule has 0 saturated carbocycles. The van der Waals surface area contributed by atoms with E-state index in [1.165, 1.54) is 31.3 Å². The summed E-state index contributed by atoms with van der Waals surface area (Å²) in [4.78, 5) is 4.81. The monoisotopic (exact) mass is 1060 g/mol. The Morgan fingerprint density at radius 2 is 0.850 bits per heavy atom. The summed E-state index contributed by atoms with van der Waals surface area (Å²) in [6, 6.07) is 67.3. The zero-order chi connectivity index (χ0) is 53.4. The third kappa shape index (κ3) is 5.88. The molecule has 0 bridgehead atoms. The van der Waals surface area contributed by atoms with Crippen LogP contribution in [0.4, 0.5) is 5.69 Å². The number of furan rings is 2. The third-order valence-electron chi connectivity index (χ3n) is 17.2. The maximum absolute atomic E-state index is 12.7. The smallest absolute Gasteiger partial charge is 0.220 e. The van der Waals surface area contributed by atoms with Crippen LogP contribution in [0.5, 0.6) is 0 Å². The minimum absolute atomic E-state index is 0.330. The first-order chi connectivity index (χ1) is 39.3. The molecular weight excluding hydrogens is 1020 g/mol. The van der Waals surface area contributed by atoms with Gasteiger partial charge in [-0.05, 0) is 98.5 Å². The fourth-order valence-electron chi connectivity index (χ4n) is 13.3. The molecule has 17 rings (SSSR count). The van der Waals surface area contributed by atoms with Crippen molar-refractivity contribution in [2.24, 2.45) is 0 Å². The second-order valence-corrected chi connectivity index (χ2v) is 23.5. The Morgan fingerprint density at radius 1 is 0.425 bits per heavy atom. The summed E-state index contributed by atoms with van der Waals surface area (Å²) in [5.41, 5.74) is 15.9. The van der Waals surface area contributed by atoms with Crippen molar-refractivity contribution >= 4 is 156 Å². The highest BCUT2D eigenvalue weighted by Gasteiger charge is 2.35. The van der Waals surface area contributed by atoms with E-state index in [1.54, 1.807) is 22.7 Å². The minimum atomic E-state index is 0.330. The van der Waals surface area contributed by atoms with E-state index >= 15 is 0 Å². The van der Waals surface area contributed by atoms with E-state index in [0.29, 0.717) is 50.5 Å². The normalized spacial score (nSPS) is 12.2. The summed E-state index contributed by atoms with van der Waals surface area (Å²) < 4.78 is 23.5. The van der Waals surface area contributed by atoms with Crippen LogP contribution in [0.25, 0.3) is 166 Å². The Bertz CT molecular complexity index is 5520. The topological polar surface area (TPSA) is 64.3 Å². The van der Waals surface area contributed by atoms with Gasteiger partial charge in [0.1, 0.15) is 28.4 Å². The molecule has 11 aromatic carbocycles. The van der Waals surface area contributed by atoms with Crippen molar-refractivity contribution < 1.29 is 8.83 Å². The second kappa shape index (κ2) is 16.3. The summed E-state index contributed by atoms with van der Waals surface area (Å²) in [5.74, 6) is 0. The van der Waals surface area contributed by atoms with Gasteiger partial charge in [0.2, 0.25) is 5.69 Å². The molecular formula is C72H42N4O2S2. The SMILES string of the molecule is [C-]#[N+]c1c(-c2cccc3c2oc2ccccc23)c(C#N)c(-n2c3cc(C)c(C)cc3c3ccc4c5ccccc5sc4c32)c(-c2cccc3c2oc2ccccc23)c1-n1c2cc(C)c(C)cc2c2ccc3c4ccccc4sc3c21. The van der Waals surface area contributed by atoms with Crippen LogP contribution in [0.15, 0.2) is 191 Å². The van der Waals surface area contributed by atoms with Gasteiger partial charge in [-0.3, -0.25) is 0 Å². The van der Waals surface area contributed by atoms with Gasteiger partial charge in [-0.1, -0.05) is 133 Å². The molecule has 0 aliphatic carbocycles. The number of nitriles is 1. The molecule has 17 aromatic rings. The van der Waals surface area contributed by atoms with Gasteiger partial charge in [-0.25, -0.2) is 4.85 Å². The number of fused-ring (bicyclic) bond motifs is 20. The standard InChI is InChI=1S/C72H42N4O2S2/c1-37-32-53-45-28-30-49-43-18-8-12-26-60(43)79-71(49)66(45)75(56(53)34-39(37)3)65-55(36-73)62(51-22-14-20-47-41-16-6-10-24-58(41)77-69(47)51)64(74-5)68(63(65)52-23-15-21-48-42-17-7-11-25-59(42)78-70(48)52)76-57-35-40(4)38(2)33-54(57)46-29-31-50-44-19-9-13-27-61(44)80-72(50)67(46)76/h6-35H,1-4H3. The fourth-order valence-corrected chi connectivity index (χ4v) is 15.8. The Labute approximate surface area is 465 Å². The molecule has 374 valence electrons. The lowest BCUT2D eigenvalue weighted by Crippen LogP contribution is -2.09. The number of aryl methyl sites for hydroxylation is 4. The van der Waals surface area contributed by atoms with Crippen LogP contribution < -0.4 is 0 Å². The molecule has 0 spiro atoms. The highest BCUT2D eigenvalue weighted by atomic mass is 32.1. The zero-order valence-corrected chi connectivity index (χ0v) is 45.4. The molecule has 80 heavy (non-hydrogen) atoms. The van der Waals surface area contributed by atoms with Crippen molar-refractivity contribution in [2.45, 2.75) is 27.7 Å². The van der Waals surface area contributed by atoms with Gasteiger partial charge >= 0.3 is 0 Å².